The molecule has 4 nitrogen and oxygen atoms in total. The molecule has 1 rings (SSSR count). The van der Waals surface area contributed by atoms with E-state index in [1.807, 2.05) is 6.92 Å². The summed E-state index contributed by atoms with van der Waals surface area (Å²) in [6.07, 6.45) is 0. The molecule has 0 radical (unpaired) electrons. The Kier molecular flexibility index (Phi) is 5.63. The molecular formula is C11H13IN2O2S. The Bertz CT molecular complexity index is 437. The maximum atomic E-state index is 11.8. The first-order valence-corrected chi connectivity index (χ1v) is 6.50. The number of halogens is 1. The minimum Gasteiger partial charge on any atom is -0.496 e. The van der Waals surface area contributed by atoms with E-state index in [1.165, 1.54) is 0 Å². The second-order valence-electron chi connectivity index (χ2n) is 3.16. The van der Waals surface area contributed by atoms with Gasteiger partial charge in [0.1, 0.15) is 5.75 Å². The van der Waals surface area contributed by atoms with Crippen molar-refractivity contribution < 1.29 is 9.53 Å². The highest BCUT2D eigenvalue weighted by atomic mass is 127. The number of rotatable bonds is 3. The van der Waals surface area contributed by atoms with Gasteiger partial charge >= 0.3 is 0 Å². The molecule has 0 aliphatic heterocycles. The van der Waals surface area contributed by atoms with Gasteiger partial charge in [-0.25, -0.2) is 0 Å². The molecule has 0 bridgehead atoms. The van der Waals surface area contributed by atoms with Gasteiger partial charge in [0.05, 0.1) is 10.7 Å². The normalized spacial score (nSPS) is 9.59. The number of benzene rings is 1. The second-order valence-corrected chi connectivity index (χ2v) is 4.73. The highest BCUT2D eigenvalue weighted by Crippen LogP contribution is 2.21. The average Bonchev–Trinajstić information content (AvgIpc) is 2.29. The van der Waals surface area contributed by atoms with Crippen molar-refractivity contribution in [2.24, 2.45) is 0 Å². The van der Waals surface area contributed by atoms with Gasteiger partial charge < -0.3 is 10.1 Å². The van der Waals surface area contributed by atoms with Crippen molar-refractivity contribution in [3.05, 3.63) is 27.3 Å². The lowest BCUT2D eigenvalue weighted by Gasteiger charge is -2.09. The minimum atomic E-state index is -0.225. The van der Waals surface area contributed by atoms with Gasteiger partial charge in [-0.1, -0.05) is 0 Å². The summed E-state index contributed by atoms with van der Waals surface area (Å²) >= 11 is 7.06. The van der Waals surface area contributed by atoms with Crippen LogP contribution in [0.4, 0.5) is 0 Å². The number of amides is 1. The van der Waals surface area contributed by atoms with Crippen LogP contribution < -0.4 is 15.4 Å². The van der Waals surface area contributed by atoms with Gasteiger partial charge in [-0.3, -0.25) is 10.1 Å². The Morgan fingerprint density at radius 1 is 1.53 bits per heavy atom. The SMILES string of the molecule is CCNC(=S)NC(=O)c1ccc(OC)c(I)c1. The van der Waals surface area contributed by atoms with Crippen LogP contribution in [0.15, 0.2) is 18.2 Å². The third-order valence-electron chi connectivity index (χ3n) is 1.98. The minimum absolute atomic E-state index is 0.225. The van der Waals surface area contributed by atoms with Crippen molar-refractivity contribution >= 4 is 45.8 Å². The number of hydrogen-bond acceptors (Lipinski definition) is 3. The number of methoxy groups -OCH3 is 1. The van der Waals surface area contributed by atoms with Crippen LogP contribution in [0.25, 0.3) is 0 Å². The quantitative estimate of drug-likeness (QED) is 0.636. The fourth-order valence-electron chi connectivity index (χ4n) is 1.19. The molecule has 6 heteroatoms. The Hall–Kier alpha value is -0.890. The fraction of sp³-hybridized carbons (Fsp3) is 0.273. The zero-order valence-corrected chi connectivity index (χ0v) is 12.5. The van der Waals surface area contributed by atoms with Gasteiger partial charge in [-0.05, 0) is 59.9 Å². The summed E-state index contributed by atoms with van der Waals surface area (Å²) < 4.78 is 6.00. The van der Waals surface area contributed by atoms with Gasteiger partial charge in [-0.15, -0.1) is 0 Å². The number of carbonyl (C=O) groups is 1. The summed E-state index contributed by atoms with van der Waals surface area (Å²) in [5.41, 5.74) is 0.551. The van der Waals surface area contributed by atoms with Crippen molar-refractivity contribution in [3.63, 3.8) is 0 Å². The summed E-state index contributed by atoms with van der Waals surface area (Å²) in [7, 11) is 1.59. The first kappa shape index (κ1) is 14.2. The number of thiocarbonyl (C=S) groups is 1. The highest BCUT2D eigenvalue weighted by molar-refractivity contribution is 14.1. The summed E-state index contributed by atoms with van der Waals surface area (Å²) in [4.78, 5) is 11.8. The van der Waals surface area contributed by atoms with Crippen LogP contribution in [0.2, 0.25) is 0 Å². The standard InChI is InChI=1S/C11H13IN2O2S/c1-3-13-11(17)14-10(15)7-4-5-9(16-2)8(12)6-7/h4-6H,3H2,1-2H3,(H2,13,14,15,17). The lowest BCUT2D eigenvalue weighted by atomic mass is 10.2. The van der Waals surface area contributed by atoms with E-state index in [2.05, 4.69) is 33.2 Å². The van der Waals surface area contributed by atoms with E-state index in [0.29, 0.717) is 17.2 Å². The molecule has 0 aliphatic rings. The smallest absolute Gasteiger partial charge is 0.257 e. The van der Waals surface area contributed by atoms with Crippen molar-refractivity contribution in [1.82, 2.24) is 10.6 Å². The molecule has 0 atom stereocenters. The number of ether oxygens (including phenoxy) is 1. The van der Waals surface area contributed by atoms with E-state index in [-0.39, 0.29) is 5.91 Å². The summed E-state index contributed by atoms with van der Waals surface area (Å²) in [6, 6.07) is 5.21. The van der Waals surface area contributed by atoms with Crippen molar-refractivity contribution in [2.75, 3.05) is 13.7 Å². The molecule has 0 aromatic heterocycles. The molecule has 17 heavy (non-hydrogen) atoms. The molecule has 0 spiro atoms. The van der Waals surface area contributed by atoms with E-state index in [4.69, 9.17) is 17.0 Å². The fourth-order valence-corrected chi connectivity index (χ4v) is 2.16. The van der Waals surface area contributed by atoms with E-state index in [0.717, 1.165) is 9.32 Å². The van der Waals surface area contributed by atoms with Gasteiger partial charge in [0.15, 0.2) is 5.11 Å². The lowest BCUT2D eigenvalue weighted by molar-refractivity contribution is 0.0976. The molecule has 0 fully saturated rings. The molecule has 0 heterocycles. The number of hydrogen-bond donors (Lipinski definition) is 2. The number of carbonyl (C=O) groups excluding carboxylic acids is 1. The van der Waals surface area contributed by atoms with E-state index < -0.39 is 0 Å². The molecule has 1 aromatic carbocycles. The first-order valence-electron chi connectivity index (χ1n) is 5.01. The predicted octanol–water partition coefficient (Wildman–Crippen LogP) is 1.92. The maximum absolute atomic E-state index is 11.8. The van der Waals surface area contributed by atoms with Crippen molar-refractivity contribution in [1.29, 1.82) is 0 Å². The molecular weight excluding hydrogens is 351 g/mol. The van der Waals surface area contributed by atoms with E-state index in [9.17, 15) is 4.79 Å². The zero-order chi connectivity index (χ0) is 12.8. The van der Waals surface area contributed by atoms with E-state index in [1.54, 1.807) is 25.3 Å². The molecule has 2 N–H and O–H groups in total. The predicted molar refractivity (Wildman–Crippen MR) is 79.5 cm³/mol. The van der Waals surface area contributed by atoms with Crippen LogP contribution in [0.1, 0.15) is 17.3 Å². The number of nitrogens with one attached hydrogen (secondary N) is 2. The van der Waals surface area contributed by atoms with E-state index >= 15 is 0 Å². The van der Waals surface area contributed by atoms with Gasteiger partial charge in [-0.2, -0.15) is 0 Å². The zero-order valence-electron chi connectivity index (χ0n) is 9.54. The maximum Gasteiger partial charge on any atom is 0.257 e. The molecule has 1 aromatic rings. The largest absolute Gasteiger partial charge is 0.496 e. The third-order valence-corrected chi connectivity index (χ3v) is 3.07. The molecule has 92 valence electrons. The van der Waals surface area contributed by atoms with Gasteiger partial charge in [0.2, 0.25) is 0 Å². The van der Waals surface area contributed by atoms with Crippen LogP contribution in [0.3, 0.4) is 0 Å². The van der Waals surface area contributed by atoms with Crippen LogP contribution in [-0.2, 0) is 0 Å². The summed E-state index contributed by atoms with van der Waals surface area (Å²) in [6.45, 7) is 2.59. The Balaban J connectivity index is 2.76. The first-order chi connectivity index (χ1) is 8.08. The highest BCUT2D eigenvalue weighted by Gasteiger charge is 2.09. The van der Waals surface area contributed by atoms with Crippen molar-refractivity contribution in [2.45, 2.75) is 6.92 Å². The topological polar surface area (TPSA) is 50.4 Å². The molecule has 0 unspecified atom stereocenters. The van der Waals surface area contributed by atoms with Gasteiger partial charge in [0, 0.05) is 12.1 Å². The molecule has 0 saturated carbocycles. The lowest BCUT2D eigenvalue weighted by Crippen LogP contribution is -2.39. The summed E-state index contributed by atoms with van der Waals surface area (Å²) in [5.74, 6) is 0.521. The van der Waals surface area contributed by atoms with Gasteiger partial charge in [0.25, 0.3) is 5.91 Å². The monoisotopic (exact) mass is 364 g/mol. The second kappa shape index (κ2) is 6.75. The Labute approximate surface area is 119 Å². The Morgan fingerprint density at radius 2 is 2.24 bits per heavy atom. The van der Waals surface area contributed by atoms with Crippen LogP contribution >= 0.6 is 34.8 Å². The molecule has 0 aliphatic carbocycles. The Morgan fingerprint density at radius 3 is 2.76 bits per heavy atom. The van der Waals surface area contributed by atoms with Crippen LogP contribution in [-0.4, -0.2) is 24.7 Å². The summed E-state index contributed by atoms with van der Waals surface area (Å²) in [5, 5.41) is 5.79. The van der Waals surface area contributed by atoms with Crippen molar-refractivity contribution in [3.8, 4) is 5.75 Å². The van der Waals surface area contributed by atoms with Crippen LogP contribution in [0.5, 0.6) is 5.75 Å². The molecule has 0 saturated heterocycles. The molecule has 1 amide bonds. The third kappa shape index (κ3) is 4.12. The van der Waals surface area contributed by atoms with Crippen LogP contribution in [0, 0.1) is 3.57 Å². The average molecular weight is 364 g/mol.